The molecule has 0 spiro atoms. The monoisotopic (exact) mass is 611 g/mol. The molecule has 12 heteroatoms. The highest BCUT2D eigenvalue weighted by Crippen LogP contribution is 2.38. The third kappa shape index (κ3) is 8.19. The van der Waals surface area contributed by atoms with Gasteiger partial charge < -0.3 is 19.9 Å². The van der Waals surface area contributed by atoms with Crippen LogP contribution in [-0.2, 0) is 17.6 Å². The minimum atomic E-state index is -4.83. The predicted octanol–water partition coefficient (Wildman–Crippen LogP) is 5.81. The summed E-state index contributed by atoms with van der Waals surface area (Å²) in [5.41, 5.74) is 0.205. The molecule has 3 aromatic carbocycles. The number of nitro benzene ring substituents is 1. The lowest BCUT2D eigenvalue weighted by Gasteiger charge is -2.37. The van der Waals surface area contributed by atoms with E-state index in [9.17, 15) is 28.1 Å². The van der Waals surface area contributed by atoms with Gasteiger partial charge in [0.2, 0.25) is 5.91 Å². The van der Waals surface area contributed by atoms with Gasteiger partial charge >= 0.3 is 6.18 Å². The number of alkyl halides is 3. The van der Waals surface area contributed by atoms with E-state index in [4.69, 9.17) is 4.74 Å². The first-order valence-electron chi connectivity index (χ1n) is 14.8. The number of anilines is 2. The summed E-state index contributed by atoms with van der Waals surface area (Å²) in [5.74, 6) is 0.906. The fraction of sp³-hybridized carbons (Fsp3) is 0.406. The highest BCUT2D eigenvalue weighted by atomic mass is 19.4. The van der Waals surface area contributed by atoms with E-state index in [0.29, 0.717) is 45.5 Å². The Morgan fingerprint density at radius 2 is 1.61 bits per heavy atom. The number of ether oxygens (including phenoxy) is 1. The normalized spacial score (nSPS) is 16.5. The quantitative estimate of drug-likeness (QED) is 0.229. The average Bonchev–Trinajstić information content (AvgIpc) is 3.03. The molecule has 2 fully saturated rings. The molecule has 0 saturated carbocycles. The molecular weight excluding hydrogens is 575 g/mol. The van der Waals surface area contributed by atoms with Crippen molar-refractivity contribution < 1.29 is 27.6 Å². The van der Waals surface area contributed by atoms with Crippen LogP contribution in [0.25, 0.3) is 0 Å². The molecule has 2 aliphatic heterocycles. The number of amides is 1. The van der Waals surface area contributed by atoms with Crippen LogP contribution >= 0.6 is 0 Å². The number of benzene rings is 3. The van der Waals surface area contributed by atoms with Gasteiger partial charge in [-0.1, -0.05) is 30.3 Å². The van der Waals surface area contributed by atoms with Crippen molar-refractivity contribution in [2.24, 2.45) is 0 Å². The summed E-state index contributed by atoms with van der Waals surface area (Å²) in [6.07, 6.45) is -3.24. The lowest BCUT2D eigenvalue weighted by Crippen LogP contribution is -2.48. The van der Waals surface area contributed by atoms with Gasteiger partial charge in [0, 0.05) is 75.7 Å². The maximum atomic E-state index is 13.3. The lowest BCUT2D eigenvalue weighted by molar-refractivity contribution is -0.388. The smallest absolute Gasteiger partial charge is 0.423 e. The molecule has 0 bridgehead atoms. The summed E-state index contributed by atoms with van der Waals surface area (Å²) in [4.78, 5) is 29.3. The molecule has 0 aromatic heterocycles. The zero-order valence-corrected chi connectivity index (χ0v) is 24.3. The van der Waals surface area contributed by atoms with Crippen LogP contribution in [0.2, 0.25) is 0 Å². The van der Waals surface area contributed by atoms with E-state index >= 15 is 0 Å². The number of hydrogen-bond donors (Lipinski definition) is 1. The van der Waals surface area contributed by atoms with Crippen molar-refractivity contribution in [1.29, 1.82) is 0 Å². The molecule has 3 aromatic rings. The molecule has 9 nitrogen and oxygen atoms in total. The number of carbonyl (C=O) groups excluding carboxylic acids is 1. The molecule has 5 rings (SSSR count). The molecule has 2 heterocycles. The fourth-order valence-electron chi connectivity index (χ4n) is 5.66. The van der Waals surface area contributed by atoms with Gasteiger partial charge in [0.1, 0.15) is 17.9 Å². The predicted molar refractivity (Wildman–Crippen MR) is 162 cm³/mol. The van der Waals surface area contributed by atoms with Crippen LogP contribution < -0.4 is 15.0 Å². The lowest BCUT2D eigenvalue weighted by atomic mass is 10.0. The molecule has 1 N–H and O–H groups in total. The Morgan fingerprint density at radius 1 is 0.932 bits per heavy atom. The van der Waals surface area contributed by atoms with Crippen molar-refractivity contribution in [3.8, 4) is 5.75 Å². The number of nitrogens with zero attached hydrogens (tertiary/aromatic N) is 4. The third-order valence-electron chi connectivity index (χ3n) is 8.18. The number of carbonyl (C=O) groups is 1. The Balaban J connectivity index is 1.01. The van der Waals surface area contributed by atoms with Crippen molar-refractivity contribution in [1.82, 2.24) is 9.80 Å². The van der Waals surface area contributed by atoms with E-state index in [1.54, 1.807) is 0 Å². The average molecular weight is 612 g/mol. The number of nitrogens with one attached hydrogen (secondary N) is 1. The van der Waals surface area contributed by atoms with Crippen LogP contribution in [0.1, 0.15) is 30.4 Å². The van der Waals surface area contributed by atoms with E-state index in [1.165, 1.54) is 6.07 Å². The summed E-state index contributed by atoms with van der Waals surface area (Å²) in [7, 11) is 0. The SMILES string of the molecule is O=C(CCN1CCN(c2ccc(OCc3ccccc3)cc2)CC1)N1CCC(Nc2ccc([N+](=O)[O-])c(C(F)(F)F)c2)CC1. The molecule has 2 aliphatic rings. The molecule has 0 radical (unpaired) electrons. The van der Waals surface area contributed by atoms with Gasteiger partial charge in [0.05, 0.1) is 4.92 Å². The molecule has 2 saturated heterocycles. The number of halogens is 3. The van der Waals surface area contributed by atoms with Crippen molar-refractivity contribution in [3.63, 3.8) is 0 Å². The number of rotatable bonds is 10. The fourth-order valence-corrected chi connectivity index (χ4v) is 5.66. The zero-order valence-electron chi connectivity index (χ0n) is 24.3. The second-order valence-corrected chi connectivity index (χ2v) is 11.1. The van der Waals surface area contributed by atoms with Crippen LogP contribution in [0.15, 0.2) is 72.8 Å². The Bertz CT molecular complexity index is 1410. The topological polar surface area (TPSA) is 91.2 Å². The molecule has 44 heavy (non-hydrogen) atoms. The first-order valence-corrected chi connectivity index (χ1v) is 14.8. The van der Waals surface area contributed by atoms with Gasteiger partial charge in [-0.05, 0) is 54.8 Å². The second-order valence-electron chi connectivity index (χ2n) is 11.1. The Labute approximate surface area is 254 Å². The van der Waals surface area contributed by atoms with Crippen LogP contribution in [0.4, 0.5) is 30.2 Å². The van der Waals surface area contributed by atoms with Crippen LogP contribution in [0, 0.1) is 10.1 Å². The van der Waals surface area contributed by atoms with Gasteiger partial charge in [-0.25, -0.2) is 0 Å². The first-order chi connectivity index (χ1) is 21.2. The van der Waals surface area contributed by atoms with Crippen molar-refractivity contribution in [2.75, 3.05) is 56.0 Å². The van der Waals surface area contributed by atoms with Gasteiger partial charge in [0.15, 0.2) is 0 Å². The Kier molecular flexibility index (Phi) is 9.89. The van der Waals surface area contributed by atoms with Crippen LogP contribution in [0.5, 0.6) is 5.75 Å². The first kappa shape index (κ1) is 31.1. The molecule has 0 aliphatic carbocycles. The van der Waals surface area contributed by atoms with Gasteiger partial charge in [-0.15, -0.1) is 0 Å². The number of nitro groups is 1. The number of likely N-dealkylation sites (tertiary alicyclic amines) is 1. The minimum absolute atomic E-state index is 0.0756. The van der Waals surface area contributed by atoms with Crippen molar-refractivity contribution in [2.45, 2.75) is 38.1 Å². The van der Waals surface area contributed by atoms with E-state index in [2.05, 4.69) is 27.2 Å². The van der Waals surface area contributed by atoms with Crippen LogP contribution in [0.3, 0.4) is 0 Å². The standard InChI is InChI=1S/C32H36F3N5O4/c33-32(34,35)29-22-26(6-11-30(29)40(42)43)36-25-12-16-39(17-13-25)31(41)14-15-37-18-20-38(21-19-37)27-7-9-28(10-8-27)44-23-24-4-2-1-3-5-24/h1-11,22,25,36H,12-21,23H2. The molecule has 0 atom stereocenters. The highest BCUT2D eigenvalue weighted by Gasteiger charge is 2.38. The van der Waals surface area contributed by atoms with Crippen molar-refractivity contribution in [3.05, 3.63) is 94.0 Å². The maximum Gasteiger partial charge on any atom is 0.423 e. The largest absolute Gasteiger partial charge is 0.489 e. The molecular formula is C32H36F3N5O4. The zero-order chi connectivity index (χ0) is 31.1. The summed E-state index contributed by atoms with van der Waals surface area (Å²) in [5, 5.41) is 14.1. The molecule has 0 unspecified atom stereocenters. The van der Waals surface area contributed by atoms with E-state index in [1.807, 2.05) is 47.4 Å². The summed E-state index contributed by atoms with van der Waals surface area (Å²) in [6, 6.07) is 21.0. The van der Waals surface area contributed by atoms with Gasteiger partial charge in [-0.3, -0.25) is 19.8 Å². The highest BCUT2D eigenvalue weighted by molar-refractivity contribution is 5.76. The minimum Gasteiger partial charge on any atom is -0.489 e. The maximum absolute atomic E-state index is 13.3. The van der Waals surface area contributed by atoms with Crippen LogP contribution in [-0.4, -0.2) is 72.5 Å². The summed E-state index contributed by atoms with van der Waals surface area (Å²) < 4.78 is 45.8. The summed E-state index contributed by atoms with van der Waals surface area (Å²) in [6.45, 7) is 5.69. The number of piperidine rings is 1. The van der Waals surface area contributed by atoms with E-state index < -0.39 is 22.4 Å². The van der Waals surface area contributed by atoms with Crippen molar-refractivity contribution >= 4 is 23.0 Å². The second kappa shape index (κ2) is 14.0. The van der Waals surface area contributed by atoms with Gasteiger partial charge in [-0.2, -0.15) is 13.2 Å². The molecule has 1 amide bonds. The third-order valence-corrected chi connectivity index (χ3v) is 8.18. The number of hydrogen-bond acceptors (Lipinski definition) is 7. The Morgan fingerprint density at radius 3 is 2.25 bits per heavy atom. The van der Waals surface area contributed by atoms with E-state index in [-0.39, 0.29) is 17.6 Å². The molecule has 234 valence electrons. The van der Waals surface area contributed by atoms with Gasteiger partial charge in [0.25, 0.3) is 5.69 Å². The number of piperazine rings is 1. The Hall–Kier alpha value is -4.32. The summed E-state index contributed by atoms with van der Waals surface area (Å²) >= 11 is 0. The van der Waals surface area contributed by atoms with E-state index in [0.717, 1.165) is 55.3 Å².